The summed E-state index contributed by atoms with van der Waals surface area (Å²) >= 11 is 1.41. The number of amides is 1. The number of hydrogen-bond acceptors (Lipinski definition) is 4. The molecule has 1 aliphatic rings. The van der Waals surface area contributed by atoms with Crippen LogP contribution in [-0.4, -0.2) is 24.1 Å². The van der Waals surface area contributed by atoms with Gasteiger partial charge in [-0.1, -0.05) is 43.3 Å². The largest absolute Gasteiger partial charge is 0.381 e. The normalized spacial score (nSPS) is 15.8. The molecule has 1 aromatic heterocycles. The second kappa shape index (κ2) is 8.43. The van der Waals surface area contributed by atoms with Gasteiger partial charge in [-0.15, -0.1) is 11.3 Å². The number of anilines is 1. The van der Waals surface area contributed by atoms with Crippen molar-refractivity contribution in [3.8, 4) is 11.3 Å². The minimum absolute atomic E-state index is 0.116. The molecule has 0 saturated carbocycles. The lowest BCUT2D eigenvalue weighted by atomic mass is 9.73. The number of hydrogen-bond donors (Lipinski definition) is 1. The fourth-order valence-corrected chi connectivity index (χ4v) is 4.44. The highest BCUT2D eigenvalue weighted by atomic mass is 32.1. The summed E-state index contributed by atoms with van der Waals surface area (Å²) in [7, 11) is 0. The zero-order valence-corrected chi connectivity index (χ0v) is 17.1. The molecular formula is C23H23FN2O2S. The molecule has 0 unspecified atom stereocenters. The first-order valence-corrected chi connectivity index (χ1v) is 10.7. The summed E-state index contributed by atoms with van der Waals surface area (Å²) in [5.41, 5.74) is 3.22. The maximum absolute atomic E-state index is 13.4. The van der Waals surface area contributed by atoms with E-state index in [1.54, 1.807) is 12.1 Å². The van der Waals surface area contributed by atoms with Crippen molar-refractivity contribution in [2.24, 2.45) is 0 Å². The van der Waals surface area contributed by atoms with Gasteiger partial charge in [0.25, 0.3) is 0 Å². The van der Waals surface area contributed by atoms with Crippen molar-refractivity contribution < 1.29 is 13.9 Å². The van der Waals surface area contributed by atoms with Crippen molar-refractivity contribution in [1.29, 1.82) is 0 Å². The van der Waals surface area contributed by atoms with Crippen LogP contribution in [-0.2, 0) is 21.4 Å². The minimum Gasteiger partial charge on any atom is -0.381 e. The predicted octanol–water partition coefficient (Wildman–Crippen LogP) is 5.20. The highest BCUT2D eigenvalue weighted by Crippen LogP contribution is 2.37. The molecule has 1 fully saturated rings. The van der Waals surface area contributed by atoms with Crippen LogP contribution in [0.4, 0.5) is 9.52 Å². The number of nitrogens with zero attached hydrogens (tertiary/aromatic N) is 1. The van der Waals surface area contributed by atoms with Crippen molar-refractivity contribution in [2.45, 2.75) is 31.6 Å². The van der Waals surface area contributed by atoms with Crippen LogP contribution in [0.25, 0.3) is 11.3 Å². The highest BCUT2D eigenvalue weighted by Gasteiger charge is 2.42. The van der Waals surface area contributed by atoms with E-state index in [0.717, 1.165) is 23.2 Å². The third-order valence-electron chi connectivity index (χ3n) is 5.56. The van der Waals surface area contributed by atoms with Gasteiger partial charge >= 0.3 is 0 Å². The van der Waals surface area contributed by atoms with Crippen molar-refractivity contribution in [3.05, 3.63) is 70.9 Å². The Labute approximate surface area is 173 Å². The third kappa shape index (κ3) is 4.09. The SMILES string of the molecule is CCc1ccc(-c2csc(NC(=O)C3(c4ccc(F)cc4)CCOCC3)n2)cc1. The fourth-order valence-electron chi connectivity index (χ4n) is 3.73. The maximum atomic E-state index is 13.4. The van der Waals surface area contributed by atoms with Gasteiger partial charge in [0, 0.05) is 24.2 Å². The van der Waals surface area contributed by atoms with Gasteiger partial charge in [0.2, 0.25) is 5.91 Å². The van der Waals surface area contributed by atoms with Crippen LogP contribution in [0.3, 0.4) is 0 Å². The Hall–Kier alpha value is -2.57. The zero-order chi connectivity index (χ0) is 20.3. The summed E-state index contributed by atoms with van der Waals surface area (Å²) in [5.74, 6) is -0.426. The average Bonchev–Trinajstić information content (AvgIpc) is 3.23. The smallest absolute Gasteiger partial charge is 0.236 e. The molecule has 1 amide bonds. The number of aryl methyl sites for hydroxylation is 1. The standard InChI is InChI=1S/C23H23FN2O2S/c1-2-16-3-5-17(6-4-16)20-15-29-22(25-20)26-21(27)23(11-13-28-14-12-23)18-7-9-19(24)10-8-18/h3-10,15H,2,11-14H2,1H3,(H,25,26,27). The second-order valence-electron chi connectivity index (χ2n) is 7.24. The molecule has 4 rings (SSSR count). The van der Waals surface area contributed by atoms with Gasteiger partial charge in [0.1, 0.15) is 5.82 Å². The molecule has 4 nitrogen and oxygen atoms in total. The van der Waals surface area contributed by atoms with E-state index in [9.17, 15) is 9.18 Å². The molecule has 29 heavy (non-hydrogen) atoms. The summed E-state index contributed by atoms with van der Waals surface area (Å²) in [6.07, 6.45) is 2.11. The second-order valence-corrected chi connectivity index (χ2v) is 8.10. The number of benzene rings is 2. The third-order valence-corrected chi connectivity index (χ3v) is 6.32. The van der Waals surface area contributed by atoms with E-state index in [4.69, 9.17) is 4.74 Å². The first-order chi connectivity index (χ1) is 14.1. The van der Waals surface area contributed by atoms with E-state index in [-0.39, 0.29) is 11.7 Å². The van der Waals surface area contributed by atoms with Gasteiger partial charge in [-0.3, -0.25) is 4.79 Å². The van der Waals surface area contributed by atoms with Crippen LogP contribution in [0.5, 0.6) is 0 Å². The van der Waals surface area contributed by atoms with Crippen LogP contribution in [0.2, 0.25) is 0 Å². The molecule has 1 N–H and O–H groups in total. The number of aromatic nitrogens is 1. The van der Waals surface area contributed by atoms with Crippen molar-refractivity contribution in [1.82, 2.24) is 4.98 Å². The lowest BCUT2D eigenvalue weighted by Crippen LogP contribution is -2.44. The Morgan fingerprint density at radius 2 is 1.83 bits per heavy atom. The molecule has 0 bridgehead atoms. The molecule has 2 heterocycles. The molecule has 0 atom stereocenters. The Morgan fingerprint density at radius 3 is 2.48 bits per heavy atom. The van der Waals surface area contributed by atoms with Crippen molar-refractivity contribution in [3.63, 3.8) is 0 Å². The monoisotopic (exact) mass is 410 g/mol. The Kier molecular flexibility index (Phi) is 5.74. The number of halogens is 1. The van der Waals surface area contributed by atoms with Gasteiger partial charge in [-0.2, -0.15) is 0 Å². The topological polar surface area (TPSA) is 51.2 Å². The van der Waals surface area contributed by atoms with E-state index in [1.807, 2.05) is 5.38 Å². The van der Waals surface area contributed by atoms with Crippen LogP contribution in [0.15, 0.2) is 53.9 Å². The average molecular weight is 411 g/mol. The molecule has 3 aromatic rings. The number of carbonyl (C=O) groups is 1. The van der Waals surface area contributed by atoms with Gasteiger partial charge in [0.15, 0.2) is 5.13 Å². The summed E-state index contributed by atoms with van der Waals surface area (Å²) < 4.78 is 18.9. The van der Waals surface area contributed by atoms with E-state index in [0.29, 0.717) is 31.2 Å². The molecule has 1 aliphatic heterocycles. The number of nitrogens with one attached hydrogen (secondary N) is 1. The Bertz CT molecular complexity index is 977. The van der Waals surface area contributed by atoms with E-state index in [2.05, 4.69) is 41.5 Å². The van der Waals surface area contributed by atoms with Gasteiger partial charge < -0.3 is 10.1 Å². The summed E-state index contributed by atoms with van der Waals surface area (Å²) in [6, 6.07) is 14.5. The Balaban J connectivity index is 1.56. The molecule has 0 spiro atoms. The molecule has 6 heteroatoms. The minimum atomic E-state index is -0.736. The number of rotatable bonds is 5. The van der Waals surface area contributed by atoms with Gasteiger partial charge in [-0.25, -0.2) is 9.37 Å². The quantitative estimate of drug-likeness (QED) is 0.629. The van der Waals surface area contributed by atoms with Crippen molar-refractivity contribution in [2.75, 3.05) is 18.5 Å². The zero-order valence-electron chi connectivity index (χ0n) is 16.3. The van der Waals surface area contributed by atoms with Crippen LogP contribution >= 0.6 is 11.3 Å². The van der Waals surface area contributed by atoms with Crippen molar-refractivity contribution >= 4 is 22.4 Å². The lowest BCUT2D eigenvalue weighted by molar-refractivity contribution is -0.125. The van der Waals surface area contributed by atoms with Crippen LogP contribution < -0.4 is 5.32 Å². The number of thiazole rings is 1. The Morgan fingerprint density at radius 1 is 1.14 bits per heavy atom. The summed E-state index contributed by atoms with van der Waals surface area (Å²) in [4.78, 5) is 17.9. The fraction of sp³-hybridized carbons (Fsp3) is 0.304. The lowest BCUT2D eigenvalue weighted by Gasteiger charge is -2.36. The van der Waals surface area contributed by atoms with E-state index in [1.165, 1.54) is 29.0 Å². The number of ether oxygens (including phenoxy) is 1. The number of carbonyl (C=O) groups excluding carboxylic acids is 1. The maximum Gasteiger partial charge on any atom is 0.236 e. The van der Waals surface area contributed by atoms with E-state index < -0.39 is 5.41 Å². The molecule has 2 aromatic carbocycles. The highest BCUT2D eigenvalue weighted by molar-refractivity contribution is 7.14. The summed E-state index contributed by atoms with van der Waals surface area (Å²) in [6.45, 7) is 3.12. The van der Waals surface area contributed by atoms with Crippen LogP contribution in [0, 0.1) is 5.82 Å². The molecule has 0 aliphatic carbocycles. The predicted molar refractivity (Wildman–Crippen MR) is 114 cm³/mol. The molecule has 1 saturated heterocycles. The van der Waals surface area contributed by atoms with Gasteiger partial charge in [0.05, 0.1) is 11.1 Å². The summed E-state index contributed by atoms with van der Waals surface area (Å²) in [5, 5.41) is 5.51. The van der Waals surface area contributed by atoms with E-state index >= 15 is 0 Å². The van der Waals surface area contributed by atoms with Crippen LogP contribution in [0.1, 0.15) is 30.9 Å². The first-order valence-electron chi connectivity index (χ1n) is 9.81. The molecular weight excluding hydrogens is 387 g/mol. The molecule has 150 valence electrons. The molecule has 0 radical (unpaired) electrons. The first kappa shape index (κ1) is 19.7. The van der Waals surface area contributed by atoms with Gasteiger partial charge in [-0.05, 0) is 42.5 Å².